The number of rotatable bonds is 4. The molecule has 1 amide bonds. The standard InChI is InChI=1S/C17H14FN3O2.ClH/c18-13-6-7-14-15(10-13)20-16(19-14)9-12-3-1-11(2-4-12)5-8-17(22)21-23;/h1-8,10,23H,9H2,(H,19,20)(H,21,22);1H/b8-5+;. The molecular weight excluding hydrogens is 333 g/mol. The maximum Gasteiger partial charge on any atom is 0.267 e. The van der Waals surface area contributed by atoms with E-state index in [4.69, 9.17) is 5.21 Å². The van der Waals surface area contributed by atoms with Crippen LogP contribution in [-0.4, -0.2) is 21.1 Å². The Kier molecular flexibility index (Phi) is 5.68. The second-order valence-corrected chi connectivity index (χ2v) is 5.07. The van der Waals surface area contributed by atoms with Gasteiger partial charge in [-0.3, -0.25) is 10.0 Å². The van der Waals surface area contributed by atoms with E-state index in [0.717, 1.165) is 22.5 Å². The van der Waals surface area contributed by atoms with Gasteiger partial charge in [-0.25, -0.2) is 14.9 Å². The smallest absolute Gasteiger partial charge is 0.267 e. The summed E-state index contributed by atoms with van der Waals surface area (Å²) >= 11 is 0. The number of nitrogens with zero attached hydrogens (tertiary/aromatic N) is 1. The Morgan fingerprint density at radius 1 is 1.25 bits per heavy atom. The molecule has 5 nitrogen and oxygen atoms in total. The number of hydrogen-bond donors (Lipinski definition) is 3. The lowest BCUT2D eigenvalue weighted by atomic mass is 10.1. The molecule has 1 aromatic heterocycles. The van der Waals surface area contributed by atoms with E-state index in [2.05, 4.69) is 9.97 Å². The molecule has 0 bridgehead atoms. The number of fused-ring (bicyclic) bond motifs is 1. The quantitative estimate of drug-likeness (QED) is 0.385. The highest BCUT2D eigenvalue weighted by molar-refractivity contribution is 5.90. The maximum atomic E-state index is 13.2. The molecule has 3 rings (SSSR count). The SMILES string of the molecule is Cl.O=C(/C=C/c1ccc(Cc2nc3ccc(F)cc3[nH]2)cc1)NO. The Labute approximate surface area is 143 Å². The first-order chi connectivity index (χ1) is 11.1. The Morgan fingerprint density at radius 2 is 2.00 bits per heavy atom. The zero-order valence-electron chi connectivity index (χ0n) is 12.5. The fraction of sp³-hybridized carbons (Fsp3) is 0.0588. The minimum Gasteiger partial charge on any atom is -0.342 e. The molecule has 0 unspecified atom stereocenters. The molecule has 24 heavy (non-hydrogen) atoms. The lowest BCUT2D eigenvalue weighted by Gasteiger charge is -1.99. The summed E-state index contributed by atoms with van der Waals surface area (Å²) in [4.78, 5) is 18.4. The second kappa shape index (κ2) is 7.72. The van der Waals surface area contributed by atoms with Crippen molar-refractivity contribution in [1.82, 2.24) is 15.4 Å². The van der Waals surface area contributed by atoms with Crippen molar-refractivity contribution in [1.29, 1.82) is 0 Å². The van der Waals surface area contributed by atoms with E-state index < -0.39 is 5.91 Å². The highest BCUT2D eigenvalue weighted by atomic mass is 35.5. The van der Waals surface area contributed by atoms with Gasteiger partial charge in [-0.2, -0.15) is 0 Å². The van der Waals surface area contributed by atoms with Crippen LogP contribution in [0.5, 0.6) is 0 Å². The molecule has 0 atom stereocenters. The molecule has 0 radical (unpaired) electrons. The Balaban J connectivity index is 0.00000208. The average Bonchev–Trinajstić information content (AvgIpc) is 2.95. The molecule has 0 saturated carbocycles. The number of halogens is 2. The Hall–Kier alpha value is -2.70. The van der Waals surface area contributed by atoms with Gasteiger partial charge in [0.25, 0.3) is 5.91 Å². The molecule has 0 spiro atoms. The summed E-state index contributed by atoms with van der Waals surface area (Å²) in [6.45, 7) is 0. The minimum absolute atomic E-state index is 0. The number of amides is 1. The van der Waals surface area contributed by atoms with Crippen molar-refractivity contribution in [3.8, 4) is 0 Å². The fourth-order valence-electron chi connectivity index (χ4n) is 2.27. The molecule has 3 aromatic rings. The van der Waals surface area contributed by atoms with Gasteiger partial charge in [0, 0.05) is 12.5 Å². The van der Waals surface area contributed by atoms with E-state index in [1.165, 1.54) is 23.7 Å². The van der Waals surface area contributed by atoms with Crippen molar-refractivity contribution < 1.29 is 14.4 Å². The van der Waals surface area contributed by atoms with Gasteiger partial charge in [0.2, 0.25) is 0 Å². The van der Waals surface area contributed by atoms with Crippen LogP contribution in [0.3, 0.4) is 0 Å². The largest absolute Gasteiger partial charge is 0.342 e. The fourth-order valence-corrected chi connectivity index (χ4v) is 2.27. The van der Waals surface area contributed by atoms with Crippen LogP contribution in [0, 0.1) is 5.82 Å². The number of H-pyrrole nitrogens is 1. The summed E-state index contributed by atoms with van der Waals surface area (Å²) in [6.07, 6.45) is 3.43. The summed E-state index contributed by atoms with van der Waals surface area (Å²) in [7, 11) is 0. The predicted octanol–water partition coefficient (Wildman–Crippen LogP) is 3.23. The molecular formula is C17H15ClFN3O2. The molecule has 2 aromatic carbocycles. The van der Waals surface area contributed by atoms with Crippen LogP contribution < -0.4 is 5.48 Å². The Morgan fingerprint density at radius 3 is 2.71 bits per heavy atom. The lowest BCUT2D eigenvalue weighted by molar-refractivity contribution is -0.124. The number of nitrogens with one attached hydrogen (secondary N) is 2. The summed E-state index contributed by atoms with van der Waals surface area (Å²) in [5.74, 6) is -0.118. The van der Waals surface area contributed by atoms with Crippen LogP contribution in [0.25, 0.3) is 17.1 Å². The van der Waals surface area contributed by atoms with Gasteiger partial charge in [0.15, 0.2) is 0 Å². The third kappa shape index (κ3) is 4.18. The van der Waals surface area contributed by atoms with E-state index in [1.54, 1.807) is 12.1 Å². The van der Waals surface area contributed by atoms with Crippen LogP contribution >= 0.6 is 12.4 Å². The molecule has 1 heterocycles. The minimum atomic E-state index is -0.580. The monoisotopic (exact) mass is 347 g/mol. The topological polar surface area (TPSA) is 78.0 Å². The first-order valence-electron chi connectivity index (χ1n) is 6.99. The van der Waals surface area contributed by atoms with Gasteiger partial charge < -0.3 is 4.98 Å². The molecule has 0 aliphatic carbocycles. The van der Waals surface area contributed by atoms with E-state index in [1.807, 2.05) is 24.3 Å². The zero-order valence-corrected chi connectivity index (χ0v) is 13.3. The average molecular weight is 348 g/mol. The number of carbonyl (C=O) groups is 1. The number of carbonyl (C=O) groups excluding carboxylic acids is 1. The highest BCUT2D eigenvalue weighted by Crippen LogP contribution is 2.16. The first-order valence-corrected chi connectivity index (χ1v) is 6.99. The molecule has 0 aliphatic heterocycles. The van der Waals surface area contributed by atoms with Crippen LogP contribution in [0.4, 0.5) is 4.39 Å². The third-order valence-corrected chi connectivity index (χ3v) is 3.38. The van der Waals surface area contributed by atoms with Crippen molar-refractivity contribution in [3.05, 3.63) is 71.3 Å². The lowest BCUT2D eigenvalue weighted by Crippen LogP contribution is -2.14. The normalized spacial score (nSPS) is 10.8. The van der Waals surface area contributed by atoms with E-state index >= 15 is 0 Å². The maximum absolute atomic E-state index is 13.2. The van der Waals surface area contributed by atoms with Crippen molar-refractivity contribution in [3.63, 3.8) is 0 Å². The summed E-state index contributed by atoms with van der Waals surface area (Å²) < 4.78 is 13.2. The summed E-state index contributed by atoms with van der Waals surface area (Å²) in [6, 6.07) is 12.0. The first kappa shape index (κ1) is 17.7. The molecule has 0 fully saturated rings. The van der Waals surface area contributed by atoms with Crippen molar-refractivity contribution in [2.75, 3.05) is 0 Å². The van der Waals surface area contributed by atoms with Crippen LogP contribution in [0.15, 0.2) is 48.5 Å². The zero-order chi connectivity index (χ0) is 16.2. The molecule has 0 saturated heterocycles. The number of benzene rings is 2. The second-order valence-electron chi connectivity index (χ2n) is 5.07. The number of imidazole rings is 1. The Bertz CT molecular complexity index is 875. The van der Waals surface area contributed by atoms with Gasteiger partial charge in [0.05, 0.1) is 11.0 Å². The van der Waals surface area contributed by atoms with Gasteiger partial charge in [-0.05, 0) is 35.4 Å². The van der Waals surface area contributed by atoms with Gasteiger partial charge in [0.1, 0.15) is 11.6 Å². The molecule has 124 valence electrons. The van der Waals surface area contributed by atoms with E-state index in [-0.39, 0.29) is 18.2 Å². The van der Waals surface area contributed by atoms with Crippen LogP contribution in [0.1, 0.15) is 17.0 Å². The van der Waals surface area contributed by atoms with Gasteiger partial charge >= 0.3 is 0 Å². The van der Waals surface area contributed by atoms with Crippen LogP contribution in [-0.2, 0) is 11.2 Å². The number of hydroxylamine groups is 1. The van der Waals surface area contributed by atoms with E-state index in [0.29, 0.717) is 11.9 Å². The molecule has 0 aliphatic rings. The number of aromatic nitrogens is 2. The van der Waals surface area contributed by atoms with Gasteiger partial charge in [-0.1, -0.05) is 24.3 Å². The molecule has 3 N–H and O–H groups in total. The number of hydrogen-bond acceptors (Lipinski definition) is 3. The van der Waals surface area contributed by atoms with Crippen molar-refractivity contribution in [2.45, 2.75) is 6.42 Å². The molecule has 7 heteroatoms. The third-order valence-electron chi connectivity index (χ3n) is 3.38. The summed E-state index contributed by atoms with van der Waals surface area (Å²) in [5, 5.41) is 8.41. The van der Waals surface area contributed by atoms with Crippen molar-refractivity contribution >= 4 is 35.4 Å². The predicted molar refractivity (Wildman–Crippen MR) is 91.5 cm³/mol. The van der Waals surface area contributed by atoms with Gasteiger partial charge in [-0.15, -0.1) is 12.4 Å². The number of aromatic amines is 1. The van der Waals surface area contributed by atoms with E-state index in [9.17, 15) is 9.18 Å². The van der Waals surface area contributed by atoms with Crippen molar-refractivity contribution in [2.24, 2.45) is 0 Å². The van der Waals surface area contributed by atoms with Crippen LogP contribution in [0.2, 0.25) is 0 Å². The summed E-state index contributed by atoms with van der Waals surface area (Å²) in [5.41, 5.74) is 4.81. The highest BCUT2D eigenvalue weighted by Gasteiger charge is 2.05.